The normalized spacial score (nSPS) is 11.6. The summed E-state index contributed by atoms with van der Waals surface area (Å²) in [4.78, 5) is 6.72. The van der Waals surface area contributed by atoms with Crippen molar-refractivity contribution in [1.29, 1.82) is 0 Å². The van der Waals surface area contributed by atoms with Crippen LogP contribution in [-0.4, -0.2) is 34.1 Å². The number of aliphatic imine (C=N–C) groups is 1. The molecule has 0 spiro atoms. The van der Waals surface area contributed by atoms with Crippen molar-refractivity contribution < 1.29 is 5.11 Å². The van der Waals surface area contributed by atoms with Gasteiger partial charge in [-0.3, -0.25) is 0 Å². The van der Waals surface area contributed by atoms with Gasteiger partial charge in [0.1, 0.15) is 5.75 Å². The third-order valence-corrected chi connectivity index (χ3v) is 3.72. The zero-order valence-electron chi connectivity index (χ0n) is 13.8. The Balaban J connectivity index is 2.08. The maximum absolute atomic E-state index is 9.33. The summed E-state index contributed by atoms with van der Waals surface area (Å²) in [6, 6.07) is 9.06. The Hall–Kier alpha value is -2.14. The van der Waals surface area contributed by atoms with E-state index in [1.165, 1.54) is 0 Å². The van der Waals surface area contributed by atoms with Crippen molar-refractivity contribution in [1.82, 2.24) is 14.8 Å². The molecule has 0 aliphatic rings. The first-order valence-corrected chi connectivity index (χ1v) is 7.95. The molecule has 5 nitrogen and oxygen atoms in total. The van der Waals surface area contributed by atoms with Crippen LogP contribution in [0.25, 0.3) is 0 Å². The number of halogens is 1. The molecule has 1 heterocycles. The van der Waals surface area contributed by atoms with Gasteiger partial charge in [-0.25, -0.2) is 4.99 Å². The molecule has 0 aliphatic carbocycles. The SMILES string of the molecule is CCNC(=NCc1ccc(O)cc1)N(C)Cc1cc(Cl)cn1C. The van der Waals surface area contributed by atoms with E-state index in [-0.39, 0.29) is 5.75 Å². The van der Waals surface area contributed by atoms with Crippen molar-refractivity contribution in [2.24, 2.45) is 12.0 Å². The van der Waals surface area contributed by atoms with Gasteiger partial charge in [-0.2, -0.15) is 0 Å². The first-order valence-electron chi connectivity index (χ1n) is 7.57. The minimum Gasteiger partial charge on any atom is -0.508 e. The van der Waals surface area contributed by atoms with Crippen molar-refractivity contribution >= 4 is 17.6 Å². The van der Waals surface area contributed by atoms with Gasteiger partial charge in [0.15, 0.2) is 5.96 Å². The fraction of sp³-hybridized carbons (Fsp3) is 0.353. The lowest BCUT2D eigenvalue weighted by Crippen LogP contribution is -2.38. The van der Waals surface area contributed by atoms with Crippen molar-refractivity contribution in [3.8, 4) is 5.75 Å². The topological polar surface area (TPSA) is 52.8 Å². The minimum absolute atomic E-state index is 0.266. The Labute approximate surface area is 142 Å². The Morgan fingerprint density at radius 3 is 2.61 bits per heavy atom. The van der Waals surface area contributed by atoms with Crippen molar-refractivity contribution in [2.75, 3.05) is 13.6 Å². The fourth-order valence-electron chi connectivity index (χ4n) is 2.28. The van der Waals surface area contributed by atoms with Gasteiger partial charge in [-0.05, 0) is 30.7 Å². The van der Waals surface area contributed by atoms with Gasteiger partial charge in [-0.1, -0.05) is 23.7 Å². The summed E-state index contributed by atoms with van der Waals surface area (Å²) in [6.45, 7) is 4.11. The molecule has 0 saturated carbocycles. The van der Waals surface area contributed by atoms with Crippen LogP contribution in [-0.2, 0) is 20.1 Å². The lowest BCUT2D eigenvalue weighted by Gasteiger charge is -2.22. The van der Waals surface area contributed by atoms with E-state index >= 15 is 0 Å². The fourth-order valence-corrected chi connectivity index (χ4v) is 2.55. The summed E-state index contributed by atoms with van der Waals surface area (Å²) < 4.78 is 2.02. The largest absolute Gasteiger partial charge is 0.508 e. The Morgan fingerprint density at radius 1 is 1.35 bits per heavy atom. The molecule has 0 bridgehead atoms. The van der Waals surface area contributed by atoms with Gasteiger partial charge in [0.25, 0.3) is 0 Å². The summed E-state index contributed by atoms with van der Waals surface area (Å²) in [6.07, 6.45) is 1.89. The standard InChI is InChI=1S/C17H23ClN4O/c1-4-19-17(20-10-13-5-7-16(23)8-6-13)22(3)12-15-9-14(18)11-21(15)2/h5-9,11,23H,4,10,12H2,1-3H3,(H,19,20). The van der Waals surface area contributed by atoms with Crippen LogP contribution in [0, 0.1) is 0 Å². The summed E-state index contributed by atoms with van der Waals surface area (Å²) in [5.74, 6) is 1.10. The maximum Gasteiger partial charge on any atom is 0.194 e. The molecule has 6 heteroatoms. The molecule has 0 atom stereocenters. The monoisotopic (exact) mass is 334 g/mol. The Morgan fingerprint density at radius 2 is 2.04 bits per heavy atom. The number of phenols is 1. The molecular formula is C17H23ClN4O. The quantitative estimate of drug-likeness (QED) is 0.653. The average Bonchev–Trinajstić information content (AvgIpc) is 2.82. The van der Waals surface area contributed by atoms with E-state index in [2.05, 4.69) is 15.2 Å². The Kier molecular flexibility index (Phi) is 5.93. The molecule has 1 aromatic carbocycles. The van der Waals surface area contributed by atoms with Crippen LogP contribution in [0.3, 0.4) is 0 Å². The van der Waals surface area contributed by atoms with Crippen LogP contribution < -0.4 is 5.32 Å². The smallest absolute Gasteiger partial charge is 0.194 e. The molecule has 0 fully saturated rings. The van der Waals surface area contributed by atoms with E-state index in [1.54, 1.807) is 12.1 Å². The highest BCUT2D eigenvalue weighted by Crippen LogP contribution is 2.14. The third kappa shape index (κ3) is 4.93. The molecule has 2 aromatic rings. The number of aromatic hydroxyl groups is 1. The van der Waals surface area contributed by atoms with E-state index < -0.39 is 0 Å². The molecule has 124 valence electrons. The first kappa shape index (κ1) is 17.2. The first-order chi connectivity index (χ1) is 11.0. The van der Waals surface area contributed by atoms with Crippen LogP contribution in [0.5, 0.6) is 5.75 Å². The van der Waals surface area contributed by atoms with Crippen molar-refractivity contribution in [3.63, 3.8) is 0 Å². The molecule has 23 heavy (non-hydrogen) atoms. The molecule has 0 aliphatic heterocycles. The molecule has 0 radical (unpaired) electrons. The average molecular weight is 335 g/mol. The van der Waals surface area contributed by atoms with E-state index in [9.17, 15) is 5.11 Å². The molecule has 1 aromatic heterocycles. The highest BCUT2D eigenvalue weighted by molar-refractivity contribution is 6.30. The highest BCUT2D eigenvalue weighted by Gasteiger charge is 2.09. The molecule has 2 rings (SSSR count). The number of aryl methyl sites for hydroxylation is 1. The highest BCUT2D eigenvalue weighted by atomic mass is 35.5. The maximum atomic E-state index is 9.33. The van der Waals surface area contributed by atoms with Crippen LogP contribution in [0.2, 0.25) is 5.02 Å². The van der Waals surface area contributed by atoms with Gasteiger partial charge in [0, 0.05) is 32.5 Å². The van der Waals surface area contributed by atoms with E-state index in [0.29, 0.717) is 13.1 Å². The van der Waals surface area contributed by atoms with E-state index in [1.807, 2.05) is 50.0 Å². The van der Waals surface area contributed by atoms with Crippen LogP contribution in [0.15, 0.2) is 41.5 Å². The van der Waals surface area contributed by atoms with Gasteiger partial charge >= 0.3 is 0 Å². The molecular weight excluding hydrogens is 312 g/mol. The number of phenolic OH excluding ortho intramolecular Hbond substituents is 1. The van der Waals surface area contributed by atoms with Gasteiger partial charge in [-0.15, -0.1) is 0 Å². The van der Waals surface area contributed by atoms with Crippen LogP contribution in [0.1, 0.15) is 18.2 Å². The zero-order valence-corrected chi connectivity index (χ0v) is 14.5. The lowest BCUT2D eigenvalue weighted by atomic mass is 10.2. The number of aromatic nitrogens is 1. The van der Waals surface area contributed by atoms with Gasteiger partial charge < -0.3 is 19.9 Å². The third-order valence-electron chi connectivity index (χ3n) is 3.52. The summed E-state index contributed by atoms with van der Waals surface area (Å²) in [7, 11) is 3.98. The predicted molar refractivity (Wildman–Crippen MR) is 94.8 cm³/mol. The van der Waals surface area contributed by atoms with Crippen molar-refractivity contribution in [2.45, 2.75) is 20.0 Å². The van der Waals surface area contributed by atoms with Crippen molar-refractivity contribution in [3.05, 3.63) is 52.8 Å². The van der Waals surface area contributed by atoms with Gasteiger partial charge in [0.05, 0.1) is 18.1 Å². The van der Waals surface area contributed by atoms with Gasteiger partial charge in [0.2, 0.25) is 0 Å². The van der Waals surface area contributed by atoms with E-state index in [0.717, 1.165) is 28.8 Å². The second-order valence-electron chi connectivity index (χ2n) is 5.45. The van der Waals surface area contributed by atoms with Crippen LogP contribution >= 0.6 is 11.6 Å². The summed E-state index contributed by atoms with van der Waals surface area (Å²) in [5, 5.41) is 13.4. The number of hydrogen-bond donors (Lipinski definition) is 2. The number of nitrogens with zero attached hydrogens (tertiary/aromatic N) is 3. The number of nitrogens with one attached hydrogen (secondary N) is 1. The number of guanidine groups is 1. The minimum atomic E-state index is 0.266. The number of benzene rings is 1. The molecule has 0 amide bonds. The summed E-state index contributed by atoms with van der Waals surface area (Å²) >= 11 is 6.04. The lowest BCUT2D eigenvalue weighted by molar-refractivity contribution is 0.462. The summed E-state index contributed by atoms with van der Waals surface area (Å²) in [5.41, 5.74) is 2.17. The second kappa shape index (κ2) is 7.92. The molecule has 0 saturated heterocycles. The zero-order chi connectivity index (χ0) is 16.8. The molecule has 2 N–H and O–H groups in total. The predicted octanol–water partition coefficient (Wildman–Crippen LogP) is 2.98. The number of rotatable bonds is 5. The van der Waals surface area contributed by atoms with Crippen LogP contribution in [0.4, 0.5) is 0 Å². The Bertz CT molecular complexity index is 664. The number of hydrogen-bond acceptors (Lipinski definition) is 2. The van der Waals surface area contributed by atoms with E-state index in [4.69, 9.17) is 11.6 Å². The second-order valence-corrected chi connectivity index (χ2v) is 5.89. The molecule has 0 unspecified atom stereocenters.